The van der Waals surface area contributed by atoms with Gasteiger partial charge in [-0.2, -0.15) is 0 Å². The van der Waals surface area contributed by atoms with E-state index in [9.17, 15) is 0 Å². The molecule has 0 aromatic carbocycles. The molecule has 0 saturated heterocycles. The van der Waals surface area contributed by atoms with Crippen molar-refractivity contribution in [3.8, 4) is 0 Å². The minimum Gasteiger partial charge on any atom is -0.395 e. The lowest BCUT2D eigenvalue weighted by molar-refractivity contribution is 0.260. The maximum absolute atomic E-state index is 8.64. The van der Waals surface area contributed by atoms with Crippen LogP contribution in [0.3, 0.4) is 0 Å². The number of aliphatic hydroxyl groups is 1. The first-order chi connectivity index (χ1) is 5.33. The Morgan fingerprint density at radius 1 is 1.64 bits per heavy atom. The van der Waals surface area contributed by atoms with E-state index in [-0.39, 0.29) is 12.6 Å². The summed E-state index contributed by atoms with van der Waals surface area (Å²) in [7, 11) is 0. The van der Waals surface area contributed by atoms with E-state index in [1.807, 2.05) is 6.07 Å². The van der Waals surface area contributed by atoms with Crippen LogP contribution >= 0.6 is 11.3 Å². The van der Waals surface area contributed by atoms with Gasteiger partial charge >= 0.3 is 0 Å². The molecule has 0 aliphatic rings. The summed E-state index contributed by atoms with van der Waals surface area (Å²) >= 11 is 1.74. The standard InChI is InChI=1S/C8H13NOS/c9-7(6-10)3-4-8-2-1-5-11-8/h1-2,5,7,10H,3-4,6,9H2/t7-/m0/s1. The Morgan fingerprint density at radius 2 is 2.45 bits per heavy atom. The Balaban J connectivity index is 2.23. The molecule has 0 unspecified atom stereocenters. The Labute approximate surface area is 70.7 Å². The van der Waals surface area contributed by atoms with Gasteiger partial charge in [0, 0.05) is 10.9 Å². The molecule has 0 bridgehead atoms. The molecule has 2 nitrogen and oxygen atoms in total. The van der Waals surface area contributed by atoms with Gasteiger partial charge in [-0.1, -0.05) is 6.07 Å². The summed E-state index contributed by atoms with van der Waals surface area (Å²) in [4.78, 5) is 1.34. The van der Waals surface area contributed by atoms with Crippen molar-refractivity contribution in [2.24, 2.45) is 5.73 Å². The largest absolute Gasteiger partial charge is 0.395 e. The predicted molar refractivity (Wildman–Crippen MR) is 47.7 cm³/mol. The summed E-state index contributed by atoms with van der Waals surface area (Å²) in [6.07, 6.45) is 1.86. The maximum Gasteiger partial charge on any atom is 0.0582 e. The Morgan fingerprint density at radius 3 is 3.00 bits per heavy atom. The lowest BCUT2D eigenvalue weighted by Crippen LogP contribution is -2.24. The number of hydrogen-bond donors (Lipinski definition) is 2. The van der Waals surface area contributed by atoms with Crippen molar-refractivity contribution in [2.45, 2.75) is 18.9 Å². The molecule has 0 amide bonds. The first kappa shape index (κ1) is 8.71. The number of rotatable bonds is 4. The monoisotopic (exact) mass is 171 g/mol. The molecule has 0 aliphatic carbocycles. The molecule has 0 radical (unpaired) electrons. The van der Waals surface area contributed by atoms with E-state index in [2.05, 4.69) is 11.4 Å². The zero-order chi connectivity index (χ0) is 8.10. The summed E-state index contributed by atoms with van der Waals surface area (Å²) < 4.78 is 0. The van der Waals surface area contributed by atoms with Crippen LogP contribution in [0.2, 0.25) is 0 Å². The van der Waals surface area contributed by atoms with E-state index in [0.29, 0.717) is 0 Å². The summed E-state index contributed by atoms with van der Waals surface area (Å²) in [5, 5.41) is 10.7. The molecular formula is C8H13NOS. The Hall–Kier alpha value is -0.380. The van der Waals surface area contributed by atoms with Crippen molar-refractivity contribution >= 4 is 11.3 Å². The second kappa shape index (κ2) is 4.49. The molecule has 3 heteroatoms. The van der Waals surface area contributed by atoms with Crippen LogP contribution in [0.1, 0.15) is 11.3 Å². The Kier molecular flexibility index (Phi) is 3.56. The van der Waals surface area contributed by atoms with Gasteiger partial charge in [-0.3, -0.25) is 0 Å². The SMILES string of the molecule is N[C@H](CO)CCc1cccs1. The smallest absolute Gasteiger partial charge is 0.0582 e. The molecule has 1 heterocycles. The van der Waals surface area contributed by atoms with Gasteiger partial charge in [0.25, 0.3) is 0 Å². The third-order valence-corrected chi connectivity index (χ3v) is 2.51. The average Bonchev–Trinajstić information content (AvgIpc) is 2.52. The zero-order valence-corrected chi connectivity index (χ0v) is 7.18. The van der Waals surface area contributed by atoms with Gasteiger partial charge in [0.1, 0.15) is 0 Å². The van der Waals surface area contributed by atoms with E-state index < -0.39 is 0 Å². The van der Waals surface area contributed by atoms with Crippen molar-refractivity contribution in [3.63, 3.8) is 0 Å². The fraction of sp³-hybridized carbons (Fsp3) is 0.500. The maximum atomic E-state index is 8.64. The lowest BCUT2D eigenvalue weighted by Gasteiger charge is -2.05. The van der Waals surface area contributed by atoms with E-state index in [1.165, 1.54) is 4.88 Å². The first-order valence-electron chi connectivity index (χ1n) is 3.71. The quantitative estimate of drug-likeness (QED) is 0.710. The van der Waals surface area contributed by atoms with Gasteiger partial charge in [0.15, 0.2) is 0 Å². The highest BCUT2D eigenvalue weighted by atomic mass is 32.1. The van der Waals surface area contributed by atoms with Gasteiger partial charge in [0.05, 0.1) is 6.61 Å². The van der Waals surface area contributed by atoms with E-state index in [4.69, 9.17) is 10.8 Å². The molecule has 1 atom stereocenters. The zero-order valence-electron chi connectivity index (χ0n) is 6.36. The molecule has 0 aliphatic heterocycles. The van der Waals surface area contributed by atoms with Gasteiger partial charge in [-0.25, -0.2) is 0 Å². The van der Waals surface area contributed by atoms with Crippen LogP contribution in [0, 0.1) is 0 Å². The summed E-state index contributed by atoms with van der Waals surface area (Å²) in [5.41, 5.74) is 5.54. The predicted octanol–water partition coefficient (Wildman–Crippen LogP) is 1.00. The fourth-order valence-electron chi connectivity index (χ4n) is 0.874. The molecule has 1 rings (SSSR count). The molecule has 0 spiro atoms. The number of nitrogens with two attached hydrogens (primary N) is 1. The highest BCUT2D eigenvalue weighted by molar-refractivity contribution is 7.09. The topological polar surface area (TPSA) is 46.2 Å². The molecule has 62 valence electrons. The van der Waals surface area contributed by atoms with E-state index in [1.54, 1.807) is 11.3 Å². The summed E-state index contributed by atoms with van der Waals surface area (Å²) in [6.45, 7) is 0.0887. The van der Waals surface area contributed by atoms with Crippen molar-refractivity contribution in [1.29, 1.82) is 0 Å². The normalized spacial score (nSPS) is 13.3. The lowest BCUT2D eigenvalue weighted by atomic mass is 10.1. The number of aliphatic hydroxyl groups excluding tert-OH is 1. The van der Waals surface area contributed by atoms with Crippen LogP contribution in [0.5, 0.6) is 0 Å². The second-order valence-corrected chi connectivity index (χ2v) is 3.59. The van der Waals surface area contributed by atoms with Crippen LogP contribution < -0.4 is 5.73 Å². The molecule has 1 aromatic heterocycles. The third kappa shape index (κ3) is 3.01. The second-order valence-electron chi connectivity index (χ2n) is 2.56. The number of aryl methyl sites for hydroxylation is 1. The highest BCUT2D eigenvalue weighted by Crippen LogP contribution is 2.11. The van der Waals surface area contributed by atoms with Crippen LogP contribution in [-0.2, 0) is 6.42 Å². The van der Waals surface area contributed by atoms with Crippen molar-refractivity contribution in [2.75, 3.05) is 6.61 Å². The van der Waals surface area contributed by atoms with Gasteiger partial charge in [-0.05, 0) is 24.3 Å². The minimum absolute atomic E-state index is 0.0582. The number of thiophene rings is 1. The highest BCUT2D eigenvalue weighted by Gasteiger charge is 2.00. The summed E-state index contributed by atoms with van der Waals surface area (Å²) in [5.74, 6) is 0. The number of hydrogen-bond acceptors (Lipinski definition) is 3. The average molecular weight is 171 g/mol. The molecular weight excluding hydrogens is 158 g/mol. The molecule has 0 fully saturated rings. The van der Waals surface area contributed by atoms with Crippen LogP contribution in [0.4, 0.5) is 0 Å². The van der Waals surface area contributed by atoms with Crippen LogP contribution in [-0.4, -0.2) is 17.8 Å². The summed E-state index contributed by atoms with van der Waals surface area (Å²) in [6, 6.07) is 4.07. The molecule has 1 aromatic rings. The molecule has 11 heavy (non-hydrogen) atoms. The molecule has 0 saturated carbocycles. The van der Waals surface area contributed by atoms with Crippen molar-refractivity contribution < 1.29 is 5.11 Å². The van der Waals surface area contributed by atoms with E-state index >= 15 is 0 Å². The van der Waals surface area contributed by atoms with Crippen molar-refractivity contribution in [1.82, 2.24) is 0 Å². The van der Waals surface area contributed by atoms with Gasteiger partial charge in [0.2, 0.25) is 0 Å². The van der Waals surface area contributed by atoms with Crippen molar-refractivity contribution in [3.05, 3.63) is 22.4 Å². The van der Waals surface area contributed by atoms with Crippen LogP contribution in [0.25, 0.3) is 0 Å². The van der Waals surface area contributed by atoms with E-state index in [0.717, 1.165) is 12.8 Å². The van der Waals surface area contributed by atoms with Crippen LogP contribution in [0.15, 0.2) is 17.5 Å². The first-order valence-corrected chi connectivity index (χ1v) is 4.59. The third-order valence-electron chi connectivity index (χ3n) is 1.58. The molecule has 3 N–H and O–H groups in total. The Bertz CT molecular complexity index is 186. The van der Waals surface area contributed by atoms with Gasteiger partial charge in [-0.15, -0.1) is 11.3 Å². The van der Waals surface area contributed by atoms with Gasteiger partial charge < -0.3 is 10.8 Å². The fourth-order valence-corrected chi connectivity index (χ4v) is 1.60. The minimum atomic E-state index is -0.0582.